The Hall–Kier alpha value is -0.930. The van der Waals surface area contributed by atoms with Crippen molar-refractivity contribution in [2.45, 2.75) is 57.7 Å². The van der Waals surface area contributed by atoms with Gasteiger partial charge in [-0.05, 0) is 37.8 Å². The largest absolute Gasteiger partial charge is 0.390 e. The third-order valence-corrected chi connectivity index (χ3v) is 4.16. The molecule has 0 bridgehead atoms. The van der Waals surface area contributed by atoms with Crippen LogP contribution in [-0.4, -0.2) is 28.4 Å². The molecule has 19 heavy (non-hydrogen) atoms. The lowest BCUT2D eigenvalue weighted by atomic mass is 9.74. The Balaban J connectivity index is 2.09. The predicted octanol–water partition coefficient (Wildman–Crippen LogP) is 2.97. The van der Waals surface area contributed by atoms with Crippen molar-refractivity contribution in [1.82, 2.24) is 4.98 Å². The van der Waals surface area contributed by atoms with Crippen LogP contribution in [0.15, 0.2) is 24.4 Å². The van der Waals surface area contributed by atoms with Crippen LogP contribution in [0.5, 0.6) is 0 Å². The van der Waals surface area contributed by atoms with E-state index in [1.165, 1.54) is 6.42 Å². The van der Waals surface area contributed by atoms with Gasteiger partial charge in [-0.3, -0.25) is 4.98 Å². The standard InChI is InChI=1S/C16H25NO2/c1-3-19-16(9-6-7-13(2)12-16)15(18)11-14-8-4-5-10-17-14/h4-5,8,10,13,15,18H,3,6-7,9,11-12H2,1-2H3. The van der Waals surface area contributed by atoms with Gasteiger partial charge < -0.3 is 9.84 Å². The monoisotopic (exact) mass is 263 g/mol. The maximum Gasteiger partial charge on any atom is 0.0946 e. The van der Waals surface area contributed by atoms with E-state index in [0.717, 1.165) is 25.0 Å². The highest BCUT2D eigenvalue weighted by Gasteiger charge is 2.42. The van der Waals surface area contributed by atoms with Gasteiger partial charge in [-0.15, -0.1) is 0 Å². The number of hydrogen-bond donors (Lipinski definition) is 1. The van der Waals surface area contributed by atoms with Gasteiger partial charge in [0.2, 0.25) is 0 Å². The molecule has 0 aliphatic heterocycles. The van der Waals surface area contributed by atoms with Gasteiger partial charge in [-0.25, -0.2) is 0 Å². The van der Waals surface area contributed by atoms with E-state index in [9.17, 15) is 5.11 Å². The summed E-state index contributed by atoms with van der Waals surface area (Å²) in [6, 6.07) is 5.83. The molecule has 0 aromatic carbocycles. The molecule has 1 heterocycles. The first-order chi connectivity index (χ1) is 9.16. The van der Waals surface area contributed by atoms with Crippen LogP contribution in [-0.2, 0) is 11.2 Å². The molecule has 3 nitrogen and oxygen atoms in total. The van der Waals surface area contributed by atoms with E-state index in [-0.39, 0.29) is 5.60 Å². The average Bonchev–Trinajstić information content (AvgIpc) is 2.40. The lowest BCUT2D eigenvalue weighted by Crippen LogP contribution is -2.49. The molecule has 0 spiro atoms. The van der Waals surface area contributed by atoms with Gasteiger partial charge in [0.15, 0.2) is 0 Å². The van der Waals surface area contributed by atoms with Crippen molar-refractivity contribution in [3.63, 3.8) is 0 Å². The second-order valence-corrected chi connectivity index (χ2v) is 5.74. The normalized spacial score (nSPS) is 29.1. The number of nitrogens with zero attached hydrogens (tertiary/aromatic N) is 1. The molecule has 1 saturated carbocycles. The molecule has 106 valence electrons. The van der Waals surface area contributed by atoms with Crippen LogP contribution in [0.3, 0.4) is 0 Å². The number of hydrogen-bond acceptors (Lipinski definition) is 3. The summed E-state index contributed by atoms with van der Waals surface area (Å²) in [5, 5.41) is 10.7. The number of ether oxygens (including phenoxy) is 1. The van der Waals surface area contributed by atoms with Gasteiger partial charge >= 0.3 is 0 Å². The number of aliphatic hydroxyl groups is 1. The zero-order chi connectivity index (χ0) is 13.7. The molecule has 3 heteroatoms. The van der Waals surface area contributed by atoms with Crippen LogP contribution in [0.1, 0.15) is 45.2 Å². The fraction of sp³-hybridized carbons (Fsp3) is 0.688. The van der Waals surface area contributed by atoms with E-state index in [1.807, 2.05) is 25.1 Å². The summed E-state index contributed by atoms with van der Waals surface area (Å²) in [5.41, 5.74) is 0.566. The van der Waals surface area contributed by atoms with Crippen molar-refractivity contribution in [3.05, 3.63) is 30.1 Å². The minimum Gasteiger partial charge on any atom is -0.390 e. The summed E-state index contributed by atoms with van der Waals surface area (Å²) >= 11 is 0. The fourth-order valence-electron chi connectivity index (χ4n) is 3.26. The zero-order valence-electron chi connectivity index (χ0n) is 12.0. The van der Waals surface area contributed by atoms with Crippen molar-refractivity contribution in [2.75, 3.05) is 6.61 Å². The highest BCUT2D eigenvalue weighted by Crippen LogP contribution is 2.38. The first-order valence-electron chi connectivity index (χ1n) is 7.38. The number of aliphatic hydroxyl groups excluding tert-OH is 1. The zero-order valence-corrected chi connectivity index (χ0v) is 12.0. The van der Waals surface area contributed by atoms with E-state index in [4.69, 9.17) is 4.74 Å². The van der Waals surface area contributed by atoms with E-state index in [0.29, 0.717) is 18.9 Å². The van der Waals surface area contributed by atoms with E-state index in [2.05, 4.69) is 11.9 Å². The fourth-order valence-corrected chi connectivity index (χ4v) is 3.26. The van der Waals surface area contributed by atoms with Gasteiger partial charge in [-0.1, -0.05) is 25.8 Å². The highest BCUT2D eigenvalue weighted by molar-refractivity contribution is 5.07. The Bertz CT molecular complexity index is 378. The summed E-state index contributed by atoms with van der Waals surface area (Å²) in [5.74, 6) is 0.624. The van der Waals surface area contributed by atoms with Crippen LogP contribution in [0, 0.1) is 5.92 Å². The van der Waals surface area contributed by atoms with Crippen molar-refractivity contribution in [3.8, 4) is 0 Å². The number of rotatable bonds is 5. The first kappa shape index (κ1) is 14.5. The summed E-state index contributed by atoms with van der Waals surface area (Å²) in [4.78, 5) is 4.31. The maximum absolute atomic E-state index is 10.7. The van der Waals surface area contributed by atoms with Gasteiger partial charge in [0.1, 0.15) is 0 Å². The predicted molar refractivity (Wildman–Crippen MR) is 75.9 cm³/mol. The first-order valence-corrected chi connectivity index (χ1v) is 7.38. The minimum atomic E-state index is -0.468. The average molecular weight is 263 g/mol. The number of aromatic nitrogens is 1. The molecule has 1 aliphatic rings. The highest BCUT2D eigenvalue weighted by atomic mass is 16.5. The lowest BCUT2D eigenvalue weighted by molar-refractivity contribution is -0.147. The Morgan fingerprint density at radius 2 is 2.37 bits per heavy atom. The molecule has 1 aliphatic carbocycles. The molecule has 1 aromatic rings. The van der Waals surface area contributed by atoms with Gasteiger partial charge in [0, 0.05) is 24.9 Å². The maximum atomic E-state index is 10.7. The minimum absolute atomic E-state index is 0.371. The second-order valence-electron chi connectivity index (χ2n) is 5.74. The molecule has 0 saturated heterocycles. The van der Waals surface area contributed by atoms with E-state index >= 15 is 0 Å². The molecule has 0 radical (unpaired) electrons. The molecule has 0 amide bonds. The van der Waals surface area contributed by atoms with Gasteiger partial charge in [0.25, 0.3) is 0 Å². The second kappa shape index (κ2) is 6.49. The van der Waals surface area contributed by atoms with Gasteiger partial charge in [-0.2, -0.15) is 0 Å². The van der Waals surface area contributed by atoms with Crippen LogP contribution in [0.2, 0.25) is 0 Å². The van der Waals surface area contributed by atoms with Crippen molar-refractivity contribution in [2.24, 2.45) is 5.92 Å². The summed E-state index contributed by atoms with van der Waals surface area (Å²) < 4.78 is 6.00. The molecular weight excluding hydrogens is 238 g/mol. The molecule has 1 fully saturated rings. The van der Waals surface area contributed by atoms with Crippen molar-refractivity contribution >= 4 is 0 Å². The Labute approximate surface area is 116 Å². The van der Waals surface area contributed by atoms with Gasteiger partial charge in [0.05, 0.1) is 11.7 Å². The van der Waals surface area contributed by atoms with Crippen LogP contribution >= 0.6 is 0 Å². The van der Waals surface area contributed by atoms with Crippen molar-refractivity contribution < 1.29 is 9.84 Å². The molecule has 3 unspecified atom stereocenters. The third-order valence-electron chi connectivity index (χ3n) is 4.16. The summed E-state index contributed by atoms with van der Waals surface area (Å²) in [7, 11) is 0. The molecule has 1 N–H and O–H groups in total. The molecule has 3 atom stereocenters. The molecule has 1 aromatic heterocycles. The van der Waals surface area contributed by atoms with E-state index < -0.39 is 6.10 Å². The topological polar surface area (TPSA) is 42.4 Å². The molecular formula is C16H25NO2. The Kier molecular flexibility index (Phi) is 4.94. The van der Waals surface area contributed by atoms with Crippen molar-refractivity contribution in [1.29, 1.82) is 0 Å². The van der Waals surface area contributed by atoms with Crippen LogP contribution in [0.25, 0.3) is 0 Å². The molecule has 2 rings (SSSR count). The third kappa shape index (κ3) is 3.54. The summed E-state index contributed by atoms with van der Waals surface area (Å²) in [6.07, 6.45) is 6.18. The quantitative estimate of drug-likeness (QED) is 0.888. The Morgan fingerprint density at radius 3 is 3.00 bits per heavy atom. The number of pyridine rings is 1. The lowest BCUT2D eigenvalue weighted by Gasteiger charge is -2.43. The SMILES string of the molecule is CCOC1(C(O)Cc2ccccn2)CCCC(C)C1. The summed E-state index contributed by atoms with van der Waals surface area (Å²) in [6.45, 7) is 4.92. The van der Waals surface area contributed by atoms with Crippen LogP contribution < -0.4 is 0 Å². The Morgan fingerprint density at radius 1 is 1.53 bits per heavy atom. The van der Waals surface area contributed by atoms with Crippen LogP contribution in [0.4, 0.5) is 0 Å². The van der Waals surface area contributed by atoms with E-state index in [1.54, 1.807) is 6.20 Å². The smallest absolute Gasteiger partial charge is 0.0946 e.